The van der Waals surface area contributed by atoms with Crippen LogP contribution in [0.15, 0.2) is 24.3 Å². The third-order valence-corrected chi connectivity index (χ3v) is 3.07. The van der Waals surface area contributed by atoms with Crippen LogP contribution in [0, 0.1) is 0 Å². The number of nitrogens with one attached hydrogen (secondary N) is 1. The summed E-state index contributed by atoms with van der Waals surface area (Å²) in [4.78, 5) is 24.0. The van der Waals surface area contributed by atoms with Crippen LogP contribution in [0.5, 0.6) is 0 Å². The summed E-state index contributed by atoms with van der Waals surface area (Å²) in [6.07, 6.45) is -0.0210. The van der Waals surface area contributed by atoms with Gasteiger partial charge in [-0.1, -0.05) is 17.7 Å². The van der Waals surface area contributed by atoms with Gasteiger partial charge in [0.05, 0.1) is 19.0 Å². The molecular weight excluding hydrogens is 256 g/mol. The van der Waals surface area contributed by atoms with Crippen LogP contribution in [0.2, 0.25) is 5.02 Å². The number of carboxylic acids is 1. The lowest BCUT2D eigenvalue weighted by Crippen LogP contribution is -2.55. The second-order valence-electron chi connectivity index (χ2n) is 4.16. The number of amides is 1. The lowest BCUT2D eigenvalue weighted by Gasteiger charge is -2.36. The summed E-state index contributed by atoms with van der Waals surface area (Å²) in [7, 11) is 0. The zero-order valence-electron chi connectivity index (χ0n) is 9.60. The van der Waals surface area contributed by atoms with Crippen LogP contribution in [-0.2, 0) is 9.59 Å². The minimum absolute atomic E-state index is 0.0210. The Hall–Kier alpha value is -1.75. The molecule has 1 aliphatic rings. The minimum atomic E-state index is -0.886. The van der Waals surface area contributed by atoms with E-state index in [9.17, 15) is 9.59 Å². The highest BCUT2D eigenvalue weighted by atomic mass is 35.5. The summed E-state index contributed by atoms with van der Waals surface area (Å²) in [5, 5.41) is 12.1. The zero-order chi connectivity index (χ0) is 13.1. The normalized spacial score (nSPS) is 19.5. The summed E-state index contributed by atoms with van der Waals surface area (Å²) in [5.74, 6) is -1.00. The number of halogens is 1. The van der Waals surface area contributed by atoms with Crippen LogP contribution < -0.4 is 10.2 Å². The van der Waals surface area contributed by atoms with E-state index in [1.54, 1.807) is 23.1 Å². The predicted molar refractivity (Wildman–Crippen MR) is 67.8 cm³/mol. The fourth-order valence-corrected chi connectivity index (χ4v) is 2.21. The molecule has 18 heavy (non-hydrogen) atoms. The van der Waals surface area contributed by atoms with Crippen molar-refractivity contribution in [3.8, 4) is 0 Å². The molecule has 1 amide bonds. The van der Waals surface area contributed by atoms with Crippen molar-refractivity contribution in [2.75, 3.05) is 18.0 Å². The van der Waals surface area contributed by atoms with E-state index in [0.29, 0.717) is 11.6 Å². The van der Waals surface area contributed by atoms with Crippen LogP contribution in [0.3, 0.4) is 0 Å². The fraction of sp³-hybridized carbons (Fsp3) is 0.333. The number of aliphatic carboxylic acids is 1. The maximum absolute atomic E-state index is 11.4. The standard InChI is InChI=1S/C12H13ClN2O3/c13-8-2-1-3-9(4-8)15-7-11(16)14-6-10(15)5-12(17)18/h1-4,10H,5-7H2,(H,14,16)(H,17,18). The molecule has 1 aromatic rings. The first-order chi connectivity index (χ1) is 8.56. The number of benzene rings is 1. The van der Waals surface area contributed by atoms with Crippen molar-refractivity contribution in [1.82, 2.24) is 5.32 Å². The summed E-state index contributed by atoms with van der Waals surface area (Å²) in [6.45, 7) is 0.482. The Morgan fingerprint density at radius 3 is 3.00 bits per heavy atom. The molecule has 0 radical (unpaired) electrons. The SMILES string of the molecule is O=C(O)CC1CNC(=O)CN1c1cccc(Cl)c1. The van der Waals surface area contributed by atoms with Gasteiger partial charge in [-0.3, -0.25) is 9.59 Å². The number of rotatable bonds is 3. The Labute approximate surface area is 109 Å². The first-order valence-corrected chi connectivity index (χ1v) is 5.95. The van der Waals surface area contributed by atoms with Crippen molar-refractivity contribution >= 4 is 29.2 Å². The molecule has 1 heterocycles. The first kappa shape index (κ1) is 12.7. The molecule has 0 aliphatic carbocycles. The molecule has 1 aromatic carbocycles. The quantitative estimate of drug-likeness (QED) is 0.862. The molecular formula is C12H13ClN2O3. The maximum atomic E-state index is 11.4. The summed E-state index contributed by atoms with van der Waals surface area (Å²) >= 11 is 5.91. The van der Waals surface area contributed by atoms with Gasteiger partial charge in [0.25, 0.3) is 0 Å². The van der Waals surface area contributed by atoms with Crippen molar-refractivity contribution < 1.29 is 14.7 Å². The molecule has 0 aromatic heterocycles. The summed E-state index contributed by atoms with van der Waals surface area (Å²) in [6, 6.07) is 6.82. The number of hydrogen-bond acceptors (Lipinski definition) is 3. The van der Waals surface area contributed by atoms with E-state index in [-0.39, 0.29) is 24.9 Å². The Morgan fingerprint density at radius 2 is 2.33 bits per heavy atom. The molecule has 0 bridgehead atoms. The summed E-state index contributed by atoms with van der Waals surface area (Å²) in [5.41, 5.74) is 0.767. The minimum Gasteiger partial charge on any atom is -0.481 e. The zero-order valence-corrected chi connectivity index (χ0v) is 10.4. The lowest BCUT2D eigenvalue weighted by molar-refractivity contribution is -0.138. The van der Waals surface area contributed by atoms with E-state index in [1.807, 2.05) is 6.07 Å². The Morgan fingerprint density at radius 1 is 1.56 bits per heavy atom. The molecule has 1 unspecified atom stereocenters. The molecule has 5 nitrogen and oxygen atoms in total. The van der Waals surface area contributed by atoms with Gasteiger partial charge in [0.1, 0.15) is 0 Å². The van der Waals surface area contributed by atoms with E-state index in [4.69, 9.17) is 16.7 Å². The maximum Gasteiger partial charge on any atom is 0.305 e. The molecule has 96 valence electrons. The van der Waals surface area contributed by atoms with Gasteiger partial charge in [0, 0.05) is 17.3 Å². The average Bonchev–Trinajstić information content (AvgIpc) is 2.31. The topological polar surface area (TPSA) is 69.6 Å². The number of carboxylic acid groups (broad SMARTS) is 1. The smallest absolute Gasteiger partial charge is 0.305 e. The van der Waals surface area contributed by atoms with Gasteiger partial charge in [-0.05, 0) is 18.2 Å². The molecule has 6 heteroatoms. The number of anilines is 1. The molecule has 2 rings (SSSR count). The van der Waals surface area contributed by atoms with Crippen molar-refractivity contribution in [3.63, 3.8) is 0 Å². The third-order valence-electron chi connectivity index (χ3n) is 2.84. The van der Waals surface area contributed by atoms with Crippen molar-refractivity contribution in [2.45, 2.75) is 12.5 Å². The largest absolute Gasteiger partial charge is 0.481 e. The van der Waals surface area contributed by atoms with Crippen LogP contribution in [0.25, 0.3) is 0 Å². The molecule has 2 N–H and O–H groups in total. The van der Waals surface area contributed by atoms with Gasteiger partial charge in [-0.2, -0.15) is 0 Å². The van der Waals surface area contributed by atoms with Gasteiger partial charge in [-0.15, -0.1) is 0 Å². The van der Waals surface area contributed by atoms with Crippen LogP contribution in [0.4, 0.5) is 5.69 Å². The molecule has 1 aliphatic heterocycles. The van der Waals surface area contributed by atoms with Gasteiger partial charge in [0.2, 0.25) is 5.91 Å². The fourth-order valence-electron chi connectivity index (χ4n) is 2.02. The predicted octanol–water partition coefficient (Wildman–Crippen LogP) is 1.12. The number of carbonyl (C=O) groups is 2. The first-order valence-electron chi connectivity index (χ1n) is 5.57. The second kappa shape index (κ2) is 5.27. The highest BCUT2D eigenvalue weighted by Crippen LogP contribution is 2.23. The van der Waals surface area contributed by atoms with Gasteiger partial charge in [0.15, 0.2) is 0 Å². The second-order valence-corrected chi connectivity index (χ2v) is 4.60. The van der Waals surface area contributed by atoms with Crippen molar-refractivity contribution in [1.29, 1.82) is 0 Å². The van der Waals surface area contributed by atoms with Crippen molar-refractivity contribution in [3.05, 3.63) is 29.3 Å². The summed E-state index contributed by atoms with van der Waals surface area (Å²) < 4.78 is 0. The number of piperazine rings is 1. The molecule has 0 saturated carbocycles. The van der Waals surface area contributed by atoms with Gasteiger partial charge in [-0.25, -0.2) is 0 Å². The molecule has 1 saturated heterocycles. The van der Waals surface area contributed by atoms with E-state index in [2.05, 4.69) is 5.32 Å². The molecule has 1 atom stereocenters. The lowest BCUT2D eigenvalue weighted by atomic mass is 10.1. The van der Waals surface area contributed by atoms with E-state index >= 15 is 0 Å². The number of nitrogens with zero attached hydrogens (tertiary/aromatic N) is 1. The van der Waals surface area contributed by atoms with Crippen LogP contribution >= 0.6 is 11.6 Å². The molecule has 1 fully saturated rings. The Kier molecular flexibility index (Phi) is 3.72. The Balaban J connectivity index is 2.24. The van der Waals surface area contributed by atoms with Gasteiger partial charge >= 0.3 is 5.97 Å². The van der Waals surface area contributed by atoms with E-state index < -0.39 is 5.97 Å². The Bertz CT molecular complexity index is 478. The van der Waals surface area contributed by atoms with Crippen molar-refractivity contribution in [2.24, 2.45) is 0 Å². The number of hydrogen-bond donors (Lipinski definition) is 2. The third kappa shape index (κ3) is 2.92. The average molecular weight is 269 g/mol. The van der Waals surface area contributed by atoms with Crippen LogP contribution in [-0.4, -0.2) is 36.1 Å². The van der Waals surface area contributed by atoms with Gasteiger partial charge < -0.3 is 15.3 Å². The highest BCUT2D eigenvalue weighted by Gasteiger charge is 2.28. The monoisotopic (exact) mass is 268 g/mol. The van der Waals surface area contributed by atoms with E-state index in [0.717, 1.165) is 5.69 Å². The van der Waals surface area contributed by atoms with E-state index in [1.165, 1.54) is 0 Å². The highest BCUT2D eigenvalue weighted by molar-refractivity contribution is 6.30. The molecule has 0 spiro atoms. The van der Waals surface area contributed by atoms with Crippen LogP contribution in [0.1, 0.15) is 6.42 Å². The number of carbonyl (C=O) groups excluding carboxylic acids is 1.